The number of sulfonamides is 1. The smallest absolute Gasteiger partial charge is 0.264 e. The Morgan fingerprint density at radius 3 is 2.17 bits per heavy atom. The summed E-state index contributed by atoms with van der Waals surface area (Å²) in [7, 11) is -1.12. The Bertz CT molecular complexity index is 1300. The molecule has 0 aliphatic carbocycles. The maximum atomic E-state index is 13.7. The number of benzene rings is 3. The topological polar surface area (TPSA) is 84.9 Å². The molecular weight excluding hydrogens is 464 g/mol. The number of carbonyl (C=O) groups excluding carboxylic acids is 1. The summed E-state index contributed by atoms with van der Waals surface area (Å²) in [5.74, 6) is 0.441. The van der Waals surface area contributed by atoms with Crippen molar-refractivity contribution in [2.45, 2.75) is 38.6 Å². The van der Waals surface area contributed by atoms with Crippen LogP contribution in [0.4, 0.5) is 5.69 Å². The molecule has 0 bridgehead atoms. The molecule has 3 aromatic rings. The summed E-state index contributed by atoms with van der Waals surface area (Å²) in [6.45, 7) is 7.55. The minimum Gasteiger partial charge on any atom is -0.497 e. The molecule has 35 heavy (non-hydrogen) atoms. The van der Waals surface area contributed by atoms with E-state index in [1.165, 1.54) is 31.9 Å². The summed E-state index contributed by atoms with van der Waals surface area (Å²) in [6, 6.07) is 16.6. The zero-order valence-corrected chi connectivity index (χ0v) is 21.8. The quantitative estimate of drug-likeness (QED) is 0.464. The van der Waals surface area contributed by atoms with E-state index in [2.05, 4.69) is 17.4 Å². The molecule has 1 N–H and O–H groups in total. The molecule has 8 heteroatoms. The Morgan fingerprint density at radius 1 is 0.914 bits per heavy atom. The van der Waals surface area contributed by atoms with Gasteiger partial charge in [-0.15, -0.1) is 0 Å². The molecule has 186 valence electrons. The number of carbonyl (C=O) groups is 1. The maximum Gasteiger partial charge on any atom is 0.264 e. The van der Waals surface area contributed by atoms with Gasteiger partial charge in [0.25, 0.3) is 10.0 Å². The van der Waals surface area contributed by atoms with Gasteiger partial charge in [-0.1, -0.05) is 24.3 Å². The number of para-hydroxylation sites is 2. The van der Waals surface area contributed by atoms with Gasteiger partial charge in [0.05, 0.1) is 30.8 Å². The molecule has 0 saturated carbocycles. The second kappa shape index (κ2) is 10.8. The number of anilines is 1. The van der Waals surface area contributed by atoms with E-state index in [0.29, 0.717) is 11.5 Å². The fourth-order valence-corrected chi connectivity index (χ4v) is 5.39. The van der Waals surface area contributed by atoms with Crippen LogP contribution in [0.2, 0.25) is 0 Å². The zero-order valence-electron chi connectivity index (χ0n) is 21.0. The molecule has 0 saturated heterocycles. The molecule has 7 nitrogen and oxygen atoms in total. The number of hydrogen-bond donors (Lipinski definition) is 1. The fraction of sp³-hybridized carbons (Fsp3) is 0.296. The van der Waals surface area contributed by atoms with Gasteiger partial charge in [-0.05, 0) is 86.3 Å². The number of ether oxygens (including phenoxy) is 2. The van der Waals surface area contributed by atoms with Crippen molar-refractivity contribution in [2.75, 3.05) is 25.1 Å². The van der Waals surface area contributed by atoms with E-state index in [1.54, 1.807) is 36.4 Å². The number of methoxy groups -OCH3 is 2. The van der Waals surface area contributed by atoms with Gasteiger partial charge in [-0.25, -0.2) is 8.42 Å². The molecule has 0 fully saturated rings. The van der Waals surface area contributed by atoms with Gasteiger partial charge in [0.1, 0.15) is 18.0 Å². The molecule has 1 atom stereocenters. The summed E-state index contributed by atoms with van der Waals surface area (Å²) >= 11 is 0. The third-order valence-corrected chi connectivity index (χ3v) is 7.79. The second-order valence-electron chi connectivity index (χ2n) is 8.44. The van der Waals surface area contributed by atoms with Gasteiger partial charge in [-0.2, -0.15) is 0 Å². The van der Waals surface area contributed by atoms with E-state index in [1.807, 2.05) is 27.7 Å². The van der Waals surface area contributed by atoms with Gasteiger partial charge in [0.15, 0.2) is 0 Å². The van der Waals surface area contributed by atoms with Crippen LogP contribution in [0.25, 0.3) is 0 Å². The van der Waals surface area contributed by atoms with Crippen LogP contribution < -0.4 is 19.1 Å². The average molecular weight is 497 g/mol. The summed E-state index contributed by atoms with van der Waals surface area (Å²) in [4.78, 5) is 13.2. The molecule has 0 heterocycles. The SMILES string of the molecule is COc1ccc(S(=O)(=O)N(CC(=O)N[C@@H](C)c2cc(C)c(C)cc2C)c2ccccc2OC)cc1. The number of nitrogens with zero attached hydrogens (tertiary/aromatic N) is 1. The van der Waals surface area contributed by atoms with Crippen LogP contribution in [0.3, 0.4) is 0 Å². The Balaban J connectivity index is 1.95. The van der Waals surface area contributed by atoms with E-state index in [-0.39, 0.29) is 16.6 Å². The standard InChI is InChI=1S/C27H32N2O5S/c1-18-15-20(3)24(16-19(18)2)21(4)28-27(30)17-29(25-9-7-8-10-26(25)34-6)35(31,32)23-13-11-22(33-5)12-14-23/h7-16,21H,17H2,1-6H3,(H,28,30)/t21-/m0/s1. The zero-order chi connectivity index (χ0) is 25.8. The van der Waals surface area contributed by atoms with Crippen molar-refractivity contribution in [3.63, 3.8) is 0 Å². The van der Waals surface area contributed by atoms with Gasteiger partial charge < -0.3 is 14.8 Å². The summed E-state index contributed by atoms with van der Waals surface area (Å²) < 4.78 is 39.0. The van der Waals surface area contributed by atoms with Crippen molar-refractivity contribution >= 4 is 21.6 Å². The van der Waals surface area contributed by atoms with Crippen LogP contribution in [-0.4, -0.2) is 35.1 Å². The van der Waals surface area contributed by atoms with Crippen molar-refractivity contribution in [3.05, 3.63) is 82.9 Å². The lowest BCUT2D eigenvalue weighted by Gasteiger charge is -2.27. The van der Waals surface area contributed by atoms with E-state index in [0.717, 1.165) is 21.0 Å². The van der Waals surface area contributed by atoms with Crippen LogP contribution in [-0.2, 0) is 14.8 Å². The first kappa shape index (κ1) is 26.1. The van der Waals surface area contributed by atoms with Gasteiger partial charge in [0, 0.05) is 0 Å². The van der Waals surface area contributed by atoms with Crippen molar-refractivity contribution in [1.82, 2.24) is 5.32 Å². The molecule has 0 aliphatic heterocycles. The number of amides is 1. The van der Waals surface area contributed by atoms with Gasteiger partial charge in [-0.3, -0.25) is 9.10 Å². The van der Waals surface area contributed by atoms with Crippen molar-refractivity contribution < 1.29 is 22.7 Å². The molecule has 3 aromatic carbocycles. The van der Waals surface area contributed by atoms with Gasteiger partial charge in [0.2, 0.25) is 5.91 Å². The highest BCUT2D eigenvalue weighted by Crippen LogP contribution is 2.32. The largest absolute Gasteiger partial charge is 0.497 e. The number of nitrogens with one attached hydrogen (secondary N) is 1. The Kier molecular flexibility index (Phi) is 8.07. The first-order chi connectivity index (χ1) is 16.6. The summed E-state index contributed by atoms with van der Waals surface area (Å²) in [6.07, 6.45) is 0. The van der Waals surface area contributed by atoms with Crippen molar-refractivity contribution in [1.29, 1.82) is 0 Å². The lowest BCUT2D eigenvalue weighted by Crippen LogP contribution is -2.41. The lowest BCUT2D eigenvalue weighted by atomic mass is 9.96. The van der Waals surface area contributed by atoms with Gasteiger partial charge >= 0.3 is 0 Å². The average Bonchev–Trinajstić information content (AvgIpc) is 2.84. The highest BCUT2D eigenvalue weighted by molar-refractivity contribution is 7.92. The van der Waals surface area contributed by atoms with E-state index in [4.69, 9.17) is 9.47 Å². The van der Waals surface area contributed by atoms with Crippen LogP contribution in [0.5, 0.6) is 11.5 Å². The molecule has 3 rings (SSSR count). The molecule has 0 radical (unpaired) electrons. The van der Waals surface area contributed by atoms with Crippen LogP contribution >= 0.6 is 0 Å². The normalized spacial score (nSPS) is 12.1. The molecule has 0 aliphatic rings. The molecule has 0 spiro atoms. The van der Waals surface area contributed by atoms with Crippen molar-refractivity contribution in [3.8, 4) is 11.5 Å². The summed E-state index contributed by atoms with van der Waals surface area (Å²) in [5.41, 5.74) is 4.63. The number of hydrogen-bond acceptors (Lipinski definition) is 5. The highest BCUT2D eigenvalue weighted by Gasteiger charge is 2.30. The van der Waals surface area contributed by atoms with E-state index >= 15 is 0 Å². The molecule has 0 aromatic heterocycles. The van der Waals surface area contributed by atoms with Crippen LogP contribution in [0, 0.1) is 20.8 Å². The Labute approximate surface area is 207 Å². The maximum absolute atomic E-state index is 13.7. The molecule has 0 unspecified atom stereocenters. The minimum atomic E-state index is -4.09. The van der Waals surface area contributed by atoms with Crippen molar-refractivity contribution in [2.24, 2.45) is 0 Å². The predicted octanol–water partition coefficient (Wildman–Crippen LogP) is 4.70. The van der Waals surface area contributed by atoms with Crippen LogP contribution in [0.1, 0.15) is 35.2 Å². The number of rotatable bonds is 9. The predicted molar refractivity (Wildman–Crippen MR) is 138 cm³/mol. The number of aryl methyl sites for hydroxylation is 3. The first-order valence-electron chi connectivity index (χ1n) is 11.3. The van der Waals surface area contributed by atoms with E-state index in [9.17, 15) is 13.2 Å². The highest BCUT2D eigenvalue weighted by atomic mass is 32.2. The molecular formula is C27H32N2O5S. The minimum absolute atomic E-state index is 0.0371. The summed E-state index contributed by atoms with van der Waals surface area (Å²) in [5, 5.41) is 2.96. The fourth-order valence-electron chi connectivity index (χ4n) is 3.96. The lowest BCUT2D eigenvalue weighted by molar-refractivity contribution is -0.120. The van der Waals surface area contributed by atoms with E-state index < -0.39 is 22.5 Å². The van der Waals surface area contributed by atoms with Crippen LogP contribution in [0.15, 0.2) is 65.6 Å². The Morgan fingerprint density at radius 2 is 1.54 bits per heavy atom. The molecule has 1 amide bonds. The monoisotopic (exact) mass is 496 g/mol. The third kappa shape index (κ3) is 5.77. The Hall–Kier alpha value is -3.52. The first-order valence-corrected chi connectivity index (χ1v) is 12.7. The third-order valence-electron chi connectivity index (χ3n) is 6.01. The second-order valence-corrected chi connectivity index (χ2v) is 10.3.